The second kappa shape index (κ2) is 4.33. The van der Waals surface area contributed by atoms with Crippen LogP contribution in [0.3, 0.4) is 0 Å². The molecule has 70 valence electrons. The molecule has 0 radical (unpaired) electrons. The highest BCUT2D eigenvalue weighted by atomic mass is 32.1. The Morgan fingerprint density at radius 1 is 1.77 bits per heavy atom. The third-order valence-corrected chi connectivity index (χ3v) is 2.50. The van der Waals surface area contributed by atoms with Crippen LogP contribution in [-0.4, -0.2) is 10.8 Å². The molecule has 0 N–H and O–H groups in total. The van der Waals surface area contributed by atoms with Gasteiger partial charge < -0.3 is 0 Å². The summed E-state index contributed by atoms with van der Waals surface area (Å²) in [4.78, 5) is 15.6. The number of aromatic nitrogens is 1. The smallest absolute Gasteiger partial charge is 0.161 e. The van der Waals surface area contributed by atoms with Gasteiger partial charge in [0.25, 0.3) is 0 Å². The van der Waals surface area contributed by atoms with Gasteiger partial charge in [0.05, 0.1) is 11.2 Å². The Balaban J connectivity index is 2.55. The van der Waals surface area contributed by atoms with Crippen molar-refractivity contribution >= 4 is 17.1 Å². The van der Waals surface area contributed by atoms with Crippen LogP contribution in [0.4, 0.5) is 0 Å². The van der Waals surface area contributed by atoms with Gasteiger partial charge in [0, 0.05) is 17.7 Å². The van der Waals surface area contributed by atoms with E-state index in [1.54, 1.807) is 23.8 Å². The molecule has 3 heteroatoms. The van der Waals surface area contributed by atoms with Gasteiger partial charge in [0.1, 0.15) is 0 Å². The minimum atomic E-state index is -0.000370. The molecule has 2 nitrogen and oxygen atoms in total. The number of hydrogen-bond acceptors (Lipinski definition) is 3. The summed E-state index contributed by atoms with van der Waals surface area (Å²) < 4.78 is 0. The summed E-state index contributed by atoms with van der Waals surface area (Å²) in [7, 11) is 0. The van der Waals surface area contributed by atoms with Gasteiger partial charge in [-0.1, -0.05) is 13.5 Å². The van der Waals surface area contributed by atoms with Crippen molar-refractivity contribution in [3.63, 3.8) is 0 Å². The maximum atomic E-state index is 11.4. The molecule has 1 unspecified atom stereocenters. The average Bonchev–Trinajstić information content (AvgIpc) is 2.55. The normalized spacial score (nSPS) is 12.5. The van der Waals surface area contributed by atoms with E-state index in [-0.39, 0.29) is 11.7 Å². The highest BCUT2D eigenvalue weighted by molar-refractivity contribution is 7.07. The van der Waals surface area contributed by atoms with Crippen LogP contribution in [-0.2, 0) is 11.2 Å². The Labute approximate surface area is 82.3 Å². The standard InChI is InChI=1S/C10H13NOS/c1-7(2)10(12)8(3)4-9-5-13-6-11-9/h5-6,8H,1,4H2,2-3H3. The van der Waals surface area contributed by atoms with Crippen LogP contribution in [0.15, 0.2) is 23.0 Å². The fourth-order valence-electron chi connectivity index (χ4n) is 1.17. The molecule has 0 aliphatic heterocycles. The predicted octanol–water partition coefficient (Wildman–Crippen LogP) is 2.47. The topological polar surface area (TPSA) is 30.0 Å². The van der Waals surface area contributed by atoms with E-state index >= 15 is 0 Å². The SMILES string of the molecule is C=C(C)C(=O)C(C)Cc1cscn1. The van der Waals surface area contributed by atoms with Gasteiger partial charge in [-0.15, -0.1) is 11.3 Å². The van der Waals surface area contributed by atoms with E-state index in [1.165, 1.54) is 0 Å². The maximum absolute atomic E-state index is 11.4. The quantitative estimate of drug-likeness (QED) is 0.691. The Kier molecular flexibility index (Phi) is 3.37. The van der Waals surface area contributed by atoms with Gasteiger partial charge in [-0.25, -0.2) is 4.98 Å². The number of carbonyl (C=O) groups is 1. The molecule has 0 fully saturated rings. The fraction of sp³-hybridized carbons (Fsp3) is 0.400. The van der Waals surface area contributed by atoms with Crippen molar-refractivity contribution in [2.75, 3.05) is 0 Å². The number of thiazole rings is 1. The minimum Gasteiger partial charge on any atom is -0.294 e. The zero-order chi connectivity index (χ0) is 9.84. The van der Waals surface area contributed by atoms with E-state index in [0.29, 0.717) is 5.57 Å². The summed E-state index contributed by atoms with van der Waals surface area (Å²) in [5.41, 5.74) is 3.41. The summed E-state index contributed by atoms with van der Waals surface area (Å²) >= 11 is 1.56. The first-order chi connectivity index (χ1) is 6.11. The van der Waals surface area contributed by atoms with Crippen molar-refractivity contribution in [1.29, 1.82) is 0 Å². The molecule has 1 aromatic rings. The molecule has 0 bridgehead atoms. The Morgan fingerprint density at radius 3 is 2.92 bits per heavy atom. The van der Waals surface area contributed by atoms with Crippen molar-refractivity contribution in [1.82, 2.24) is 4.98 Å². The molecule has 0 spiro atoms. The van der Waals surface area contributed by atoms with E-state index in [2.05, 4.69) is 11.6 Å². The molecular formula is C10H13NOS. The monoisotopic (exact) mass is 195 g/mol. The second-order valence-corrected chi connectivity index (χ2v) is 3.95. The van der Waals surface area contributed by atoms with Crippen molar-refractivity contribution in [3.05, 3.63) is 28.7 Å². The zero-order valence-electron chi connectivity index (χ0n) is 7.91. The summed E-state index contributed by atoms with van der Waals surface area (Å²) in [5, 5.41) is 1.97. The molecule has 1 heterocycles. The number of ketones is 1. The van der Waals surface area contributed by atoms with Gasteiger partial charge in [-0.05, 0) is 12.5 Å². The first-order valence-electron chi connectivity index (χ1n) is 4.18. The third kappa shape index (κ3) is 2.77. The lowest BCUT2D eigenvalue weighted by molar-refractivity contribution is -0.118. The number of nitrogens with zero attached hydrogens (tertiary/aromatic N) is 1. The van der Waals surface area contributed by atoms with Crippen LogP contribution in [0.25, 0.3) is 0 Å². The predicted molar refractivity (Wildman–Crippen MR) is 54.8 cm³/mol. The molecule has 1 aromatic heterocycles. The Morgan fingerprint density at radius 2 is 2.46 bits per heavy atom. The first kappa shape index (κ1) is 10.1. The highest BCUT2D eigenvalue weighted by Crippen LogP contribution is 2.12. The summed E-state index contributed by atoms with van der Waals surface area (Å²) in [6.45, 7) is 7.30. The number of rotatable bonds is 4. The molecule has 0 saturated carbocycles. The molecule has 1 atom stereocenters. The molecule has 13 heavy (non-hydrogen) atoms. The summed E-state index contributed by atoms with van der Waals surface area (Å²) in [6, 6.07) is 0. The van der Waals surface area contributed by atoms with Crippen molar-refractivity contribution in [3.8, 4) is 0 Å². The largest absolute Gasteiger partial charge is 0.294 e. The van der Waals surface area contributed by atoms with Gasteiger partial charge in [0.2, 0.25) is 0 Å². The average molecular weight is 195 g/mol. The van der Waals surface area contributed by atoms with Crippen LogP contribution in [0.1, 0.15) is 19.5 Å². The lowest BCUT2D eigenvalue weighted by Crippen LogP contribution is -2.14. The third-order valence-electron chi connectivity index (χ3n) is 1.87. The van der Waals surface area contributed by atoms with Gasteiger partial charge >= 0.3 is 0 Å². The van der Waals surface area contributed by atoms with Crippen LogP contribution in [0, 0.1) is 5.92 Å². The van der Waals surface area contributed by atoms with E-state index in [1.807, 2.05) is 12.3 Å². The van der Waals surface area contributed by atoms with Crippen molar-refractivity contribution in [2.24, 2.45) is 5.92 Å². The molecule has 0 amide bonds. The summed E-state index contributed by atoms with van der Waals surface area (Å²) in [5.74, 6) is 0.132. The Bertz CT molecular complexity index is 303. The zero-order valence-corrected chi connectivity index (χ0v) is 8.73. The van der Waals surface area contributed by atoms with E-state index in [0.717, 1.165) is 12.1 Å². The molecule has 0 aliphatic rings. The molecule has 0 aromatic carbocycles. The maximum Gasteiger partial charge on any atom is 0.161 e. The van der Waals surface area contributed by atoms with Gasteiger partial charge in [-0.3, -0.25) is 4.79 Å². The van der Waals surface area contributed by atoms with E-state index < -0.39 is 0 Å². The Hall–Kier alpha value is -0.960. The van der Waals surface area contributed by atoms with E-state index in [4.69, 9.17) is 0 Å². The lowest BCUT2D eigenvalue weighted by Gasteiger charge is -2.07. The highest BCUT2D eigenvalue weighted by Gasteiger charge is 2.14. The molecular weight excluding hydrogens is 182 g/mol. The van der Waals surface area contributed by atoms with Gasteiger partial charge in [0.15, 0.2) is 5.78 Å². The van der Waals surface area contributed by atoms with E-state index in [9.17, 15) is 4.79 Å². The number of Topliss-reactive ketones (excluding diaryl/α,β-unsaturated/α-hetero) is 1. The molecule has 0 saturated heterocycles. The van der Waals surface area contributed by atoms with Crippen molar-refractivity contribution in [2.45, 2.75) is 20.3 Å². The fourth-order valence-corrected chi connectivity index (χ4v) is 1.74. The molecule has 0 aliphatic carbocycles. The number of hydrogen-bond donors (Lipinski definition) is 0. The van der Waals surface area contributed by atoms with Crippen LogP contribution < -0.4 is 0 Å². The van der Waals surface area contributed by atoms with Crippen LogP contribution in [0.2, 0.25) is 0 Å². The van der Waals surface area contributed by atoms with Crippen LogP contribution >= 0.6 is 11.3 Å². The molecule has 1 rings (SSSR count). The summed E-state index contributed by atoms with van der Waals surface area (Å²) in [6.07, 6.45) is 0.717. The first-order valence-corrected chi connectivity index (χ1v) is 5.12. The minimum absolute atomic E-state index is 0.000370. The lowest BCUT2D eigenvalue weighted by atomic mass is 9.97. The second-order valence-electron chi connectivity index (χ2n) is 3.23. The van der Waals surface area contributed by atoms with Gasteiger partial charge in [-0.2, -0.15) is 0 Å². The number of allylic oxidation sites excluding steroid dienone is 1. The van der Waals surface area contributed by atoms with Crippen molar-refractivity contribution < 1.29 is 4.79 Å². The van der Waals surface area contributed by atoms with Crippen LogP contribution in [0.5, 0.6) is 0 Å². The number of carbonyl (C=O) groups excluding carboxylic acids is 1.